The quantitative estimate of drug-likeness (QED) is 0.810. The fraction of sp³-hybridized carbons (Fsp3) is 0.600. The van der Waals surface area contributed by atoms with Gasteiger partial charge < -0.3 is 10.1 Å². The molecule has 82 valence electrons. The molecule has 1 N–H and O–H groups in total. The Morgan fingerprint density at radius 2 is 2.53 bits per heavy atom. The second-order valence-electron chi connectivity index (χ2n) is 3.50. The third-order valence-electron chi connectivity index (χ3n) is 2.15. The normalized spacial score (nSPS) is 16.2. The van der Waals surface area contributed by atoms with E-state index < -0.39 is 0 Å². The first-order valence-corrected chi connectivity index (χ1v) is 5.29. The van der Waals surface area contributed by atoms with Crippen LogP contribution >= 0.6 is 0 Å². The number of aliphatic imine (C=N–C) groups is 1. The van der Waals surface area contributed by atoms with Crippen LogP contribution in [0.3, 0.4) is 0 Å². The van der Waals surface area contributed by atoms with Gasteiger partial charge in [0.05, 0.1) is 25.0 Å². The van der Waals surface area contributed by atoms with Crippen molar-refractivity contribution in [3.63, 3.8) is 0 Å². The summed E-state index contributed by atoms with van der Waals surface area (Å²) in [7, 11) is 0. The van der Waals surface area contributed by atoms with Gasteiger partial charge in [-0.2, -0.15) is 5.10 Å². The molecule has 1 aromatic heterocycles. The van der Waals surface area contributed by atoms with Crippen LogP contribution in [0.4, 0.5) is 5.69 Å². The molecule has 2 rings (SSSR count). The molecule has 0 aliphatic carbocycles. The average Bonchev–Trinajstić information content (AvgIpc) is 2.68. The molecule has 1 aliphatic heterocycles. The topological polar surface area (TPSA) is 51.4 Å². The number of nitrogens with one attached hydrogen (secondary N) is 1. The molecule has 0 spiro atoms. The maximum atomic E-state index is 5.29. The van der Waals surface area contributed by atoms with Crippen LogP contribution in [0.1, 0.15) is 13.3 Å². The predicted octanol–water partition coefficient (Wildman–Crippen LogP) is 1.13. The summed E-state index contributed by atoms with van der Waals surface area (Å²) in [5.74, 6) is 0.886. The summed E-state index contributed by atoms with van der Waals surface area (Å²) in [5, 5.41) is 7.43. The first kappa shape index (κ1) is 10.2. The van der Waals surface area contributed by atoms with Crippen LogP contribution in [0.5, 0.6) is 0 Å². The van der Waals surface area contributed by atoms with E-state index in [1.165, 1.54) is 0 Å². The molecule has 0 atom stereocenters. The average molecular weight is 208 g/mol. The number of hydrogen-bond donors (Lipinski definition) is 1. The molecule has 0 fully saturated rings. The summed E-state index contributed by atoms with van der Waals surface area (Å²) >= 11 is 0. The maximum Gasteiger partial charge on any atom is 0.127 e. The van der Waals surface area contributed by atoms with Crippen molar-refractivity contribution >= 4 is 11.5 Å². The van der Waals surface area contributed by atoms with Crippen molar-refractivity contribution in [2.45, 2.75) is 19.9 Å². The van der Waals surface area contributed by atoms with Gasteiger partial charge in [0.2, 0.25) is 0 Å². The minimum absolute atomic E-state index is 0.568. The molecule has 0 unspecified atom stereocenters. The van der Waals surface area contributed by atoms with Gasteiger partial charge in [-0.1, -0.05) is 6.92 Å². The molecule has 0 saturated carbocycles. The van der Waals surface area contributed by atoms with E-state index in [1.807, 2.05) is 17.1 Å². The molecule has 1 aromatic rings. The number of aromatic nitrogens is 2. The third kappa shape index (κ3) is 2.79. The molecule has 2 heterocycles. The monoisotopic (exact) mass is 208 g/mol. The molecule has 0 amide bonds. The van der Waals surface area contributed by atoms with Crippen molar-refractivity contribution < 1.29 is 4.74 Å². The SMILES string of the molecule is CCCn1cc(NC2=NCCOC2)cn1. The highest BCUT2D eigenvalue weighted by atomic mass is 16.5. The van der Waals surface area contributed by atoms with Crippen LogP contribution in [0, 0.1) is 0 Å². The highest BCUT2D eigenvalue weighted by molar-refractivity contribution is 5.96. The lowest BCUT2D eigenvalue weighted by Gasteiger charge is -2.13. The Kier molecular flexibility index (Phi) is 3.34. The van der Waals surface area contributed by atoms with Crippen LogP contribution in [-0.4, -0.2) is 35.4 Å². The number of hydrogen-bond acceptors (Lipinski definition) is 4. The molecular formula is C10H16N4O. The van der Waals surface area contributed by atoms with Gasteiger partial charge in [0.1, 0.15) is 12.4 Å². The van der Waals surface area contributed by atoms with Crippen molar-refractivity contribution in [3.05, 3.63) is 12.4 Å². The second-order valence-corrected chi connectivity index (χ2v) is 3.50. The van der Waals surface area contributed by atoms with Crippen LogP contribution in [-0.2, 0) is 11.3 Å². The summed E-state index contributed by atoms with van der Waals surface area (Å²) in [6, 6.07) is 0. The van der Waals surface area contributed by atoms with Gasteiger partial charge in [-0.05, 0) is 6.42 Å². The third-order valence-corrected chi connectivity index (χ3v) is 2.15. The number of nitrogens with zero attached hydrogens (tertiary/aromatic N) is 3. The van der Waals surface area contributed by atoms with Crippen LogP contribution in [0.25, 0.3) is 0 Å². The summed E-state index contributed by atoms with van der Waals surface area (Å²) in [5.41, 5.74) is 0.979. The number of ether oxygens (including phenoxy) is 1. The van der Waals surface area contributed by atoms with Gasteiger partial charge in [0.25, 0.3) is 0 Å². The summed E-state index contributed by atoms with van der Waals surface area (Å²) in [4.78, 5) is 4.32. The van der Waals surface area contributed by atoms with Gasteiger partial charge in [0, 0.05) is 12.7 Å². The largest absolute Gasteiger partial charge is 0.372 e. The summed E-state index contributed by atoms with van der Waals surface area (Å²) < 4.78 is 7.21. The Morgan fingerprint density at radius 1 is 1.60 bits per heavy atom. The minimum Gasteiger partial charge on any atom is -0.372 e. The van der Waals surface area contributed by atoms with Crippen molar-refractivity contribution in [2.24, 2.45) is 4.99 Å². The molecule has 0 aromatic carbocycles. The fourth-order valence-corrected chi connectivity index (χ4v) is 1.48. The minimum atomic E-state index is 0.568. The lowest BCUT2D eigenvalue weighted by atomic mass is 10.4. The van der Waals surface area contributed by atoms with Gasteiger partial charge in [0.15, 0.2) is 0 Å². The van der Waals surface area contributed by atoms with E-state index >= 15 is 0 Å². The summed E-state index contributed by atoms with van der Waals surface area (Å²) in [6.45, 7) is 5.11. The van der Waals surface area contributed by atoms with Crippen molar-refractivity contribution in [1.29, 1.82) is 0 Å². The first-order valence-electron chi connectivity index (χ1n) is 5.29. The highest BCUT2D eigenvalue weighted by Gasteiger charge is 2.06. The smallest absolute Gasteiger partial charge is 0.127 e. The Labute approximate surface area is 89.1 Å². The van der Waals surface area contributed by atoms with Crippen molar-refractivity contribution in [1.82, 2.24) is 9.78 Å². The lowest BCUT2D eigenvalue weighted by Crippen LogP contribution is -2.24. The molecule has 1 aliphatic rings. The molecule has 0 bridgehead atoms. The maximum absolute atomic E-state index is 5.29. The number of anilines is 1. The molecule has 0 radical (unpaired) electrons. The Morgan fingerprint density at radius 3 is 3.27 bits per heavy atom. The van der Waals surface area contributed by atoms with Gasteiger partial charge in [-0.25, -0.2) is 0 Å². The molecule has 5 nitrogen and oxygen atoms in total. The van der Waals surface area contributed by atoms with Gasteiger partial charge >= 0.3 is 0 Å². The number of aryl methyl sites for hydroxylation is 1. The zero-order chi connectivity index (χ0) is 10.5. The van der Waals surface area contributed by atoms with E-state index in [4.69, 9.17) is 4.74 Å². The second kappa shape index (κ2) is 4.93. The van der Waals surface area contributed by atoms with Crippen LogP contribution < -0.4 is 5.32 Å². The lowest BCUT2D eigenvalue weighted by molar-refractivity contribution is 0.171. The standard InChI is InChI=1S/C10H16N4O/c1-2-4-14-7-9(6-12-14)13-10-8-15-5-3-11-10/h6-7H,2-5,8H2,1H3,(H,11,13). The Bertz CT molecular complexity index is 345. The number of amidine groups is 1. The Hall–Kier alpha value is -1.36. The fourth-order valence-electron chi connectivity index (χ4n) is 1.48. The number of rotatable bonds is 3. The van der Waals surface area contributed by atoms with Gasteiger partial charge in [-0.3, -0.25) is 9.67 Å². The van der Waals surface area contributed by atoms with Gasteiger partial charge in [-0.15, -0.1) is 0 Å². The Balaban J connectivity index is 1.94. The van der Waals surface area contributed by atoms with E-state index in [1.54, 1.807) is 0 Å². The zero-order valence-corrected chi connectivity index (χ0v) is 8.94. The zero-order valence-electron chi connectivity index (χ0n) is 8.94. The van der Waals surface area contributed by atoms with Crippen molar-refractivity contribution in [3.8, 4) is 0 Å². The highest BCUT2D eigenvalue weighted by Crippen LogP contribution is 2.06. The van der Waals surface area contributed by atoms with Crippen molar-refractivity contribution in [2.75, 3.05) is 25.1 Å². The molecule has 0 saturated heterocycles. The first-order chi connectivity index (χ1) is 7.38. The molecular weight excluding hydrogens is 192 g/mol. The van der Waals surface area contributed by atoms with E-state index in [2.05, 4.69) is 22.3 Å². The van der Waals surface area contributed by atoms with E-state index in [9.17, 15) is 0 Å². The van der Waals surface area contributed by atoms with Crippen LogP contribution in [0.2, 0.25) is 0 Å². The van der Waals surface area contributed by atoms with Crippen LogP contribution in [0.15, 0.2) is 17.4 Å². The molecule has 15 heavy (non-hydrogen) atoms. The van der Waals surface area contributed by atoms with E-state index in [0.29, 0.717) is 6.61 Å². The summed E-state index contributed by atoms with van der Waals surface area (Å²) in [6.07, 6.45) is 4.89. The predicted molar refractivity (Wildman–Crippen MR) is 59.3 cm³/mol. The van der Waals surface area contributed by atoms with E-state index in [0.717, 1.165) is 37.6 Å². The molecule has 5 heteroatoms. The van der Waals surface area contributed by atoms with E-state index in [-0.39, 0.29) is 0 Å².